The molecule has 3 aromatic heterocycles. The Morgan fingerprint density at radius 2 is 2.14 bits per heavy atom. The minimum absolute atomic E-state index is 0.0689. The van der Waals surface area contributed by atoms with Crippen molar-refractivity contribution in [3.63, 3.8) is 0 Å². The van der Waals surface area contributed by atoms with Crippen LogP contribution < -0.4 is 11.1 Å². The highest BCUT2D eigenvalue weighted by atomic mass is 16.5. The molecule has 1 aliphatic carbocycles. The van der Waals surface area contributed by atoms with Crippen molar-refractivity contribution in [1.29, 1.82) is 0 Å². The molecule has 2 unspecified atom stereocenters. The number of fused-ring (bicyclic) bond motifs is 1. The molecule has 2 atom stereocenters. The number of aromatic nitrogens is 3. The van der Waals surface area contributed by atoms with Crippen LogP contribution in [0.1, 0.15) is 18.9 Å². The van der Waals surface area contributed by atoms with Gasteiger partial charge in [0.1, 0.15) is 11.6 Å². The third-order valence-electron chi connectivity index (χ3n) is 5.07. The number of carbonyl (C=O) groups is 2. The van der Waals surface area contributed by atoms with Gasteiger partial charge < -0.3 is 15.8 Å². The molecule has 8 heteroatoms. The van der Waals surface area contributed by atoms with Gasteiger partial charge in [-0.15, -0.1) is 0 Å². The van der Waals surface area contributed by atoms with E-state index in [0.717, 1.165) is 16.5 Å². The Morgan fingerprint density at radius 1 is 1.31 bits per heavy atom. The van der Waals surface area contributed by atoms with Crippen LogP contribution in [-0.4, -0.2) is 33.4 Å². The summed E-state index contributed by atoms with van der Waals surface area (Å²) in [6, 6.07) is 5.61. The molecule has 0 spiro atoms. The number of aryl methyl sites for hydroxylation is 1. The minimum Gasteiger partial charge on any atom is -0.466 e. The van der Waals surface area contributed by atoms with Gasteiger partial charge in [-0.3, -0.25) is 14.6 Å². The molecule has 8 nitrogen and oxygen atoms in total. The van der Waals surface area contributed by atoms with E-state index < -0.39 is 0 Å². The van der Waals surface area contributed by atoms with Gasteiger partial charge >= 0.3 is 5.97 Å². The average Bonchev–Trinajstić information content (AvgIpc) is 3.46. The van der Waals surface area contributed by atoms with E-state index in [0.29, 0.717) is 29.1 Å². The normalized spacial score (nSPS) is 17.7. The maximum atomic E-state index is 12.4. The second-order valence-electron chi connectivity index (χ2n) is 7.27. The second kappa shape index (κ2) is 7.46. The first-order chi connectivity index (χ1) is 13.9. The fraction of sp³-hybridized carbons (Fsp3) is 0.286. The summed E-state index contributed by atoms with van der Waals surface area (Å²) in [7, 11) is 0. The highest BCUT2D eigenvalue weighted by Gasteiger charge is 2.43. The van der Waals surface area contributed by atoms with Gasteiger partial charge in [0, 0.05) is 48.3 Å². The van der Waals surface area contributed by atoms with Crippen molar-refractivity contribution in [2.45, 2.75) is 20.3 Å². The third-order valence-corrected chi connectivity index (χ3v) is 5.07. The van der Waals surface area contributed by atoms with E-state index in [-0.39, 0.29) is 30.3 Å². The van der Waals surface area contributed by atoms with Crippen molar-refractivity contribution >= 4 is 34.3 Å². The summed E-state index contributed by atoms with van der Waals surface area (Å²) < 4.78 is 4.97. The number of carbonyl (C=O) groups excluding carboxylic acids is 2. The summed E-state index contributed by atoms with van der Waals surface area (Å²) in [5, 5.41) is 4.38. The van der Waals surface area contributed by atoms with E-state index in [1.807, 2.05) is 19.1 Å². The zero-order valence-electron chi connectivity index (χ0n) is 16.2. The fourth-order valence-electron chi connectivity index (χ4n) is 3.31. The lowest BCUT2D eigenvalue weighted by atomic mass is 10.1. The van der Waals surface area contributed by atoms with E-state index in [1.54, 1.807) is 24.7 Å². The van der Waals surface area contributed by atoms with E-state index in [2.05, 4.69) is 20.3 Å². The molecule has 3 aromatic rings. The lowest BCUT2D eigenvalue weighted by Crippen LogP contribution is -2.17. The number of nitrogens with one attached hydrogen (secondary N) is 1. The van der Waals surface area contributed by atoms with Gasteiger partial charge in [-0.1, -0.05) is 0 Å². The topological polar surface area (TPSA) is 120 Å². The quantitative estimate of drug-likeness (QED) is 0.642. The standard InChI is InChI=1S/C21H21N5O3/c1-11-3-4-23-8-16(11)18-6-13-7-19(24-9-17(13)20(22)25-18)26-21(28)15-5-14(15)10-29-12(2)27/h3-4,6-9,14-15H,5,10H2,1-2H3,(H2,22,25)(H,24,26,28). The number of nitrogens with zero attached hydrogens (tertiary/aromatic N) is 3. The van der Waals surface area contributed by atoms with Crippen LogP contribution in [0.5, 0.6) is 0 Å². The molecule has 148 valence electrons. The zero-order chi connectivity index (χ0) is 20.5. The zero-order valence-corrected chi connectivity index (χ0v) is 16.2. The van der Waals surface area contributed by atoms with Crippen LogP contribution >= 0.6 is 0 Å². The molecule has 1 aliphatic rings. The molecule has 0 radical (unpaired) electrons. The summed E-state index contributed by atoms with van der Waals surface area (Å²) in [6.45, 7) is 3.62. The number of esters is 1. The number of nitrogen functional groups attached to an aromatic ring is 1. The maximum absolute atomic E-state index is 12.4. The smallest absolute Gasteiger partial charge is 0.302 e. The molecule has 4 rings (SSSR count). The molecule has 0 aliphatic heterocycles. The van der Waals surface area contributed by atoms with Gasteiger partial charge in [0.2, 0.25) is 5.91 Å². The van der Waals surface area contributed by atoms with Crippen LogP contribution in [-0.2, 0) is 14.3 Å². The predicted molar refractivity (Wildman–Crippen MR) is 109 cm³/mol. The largest absolute Gasteiger partial charge is 0.466 e. The molecule has 1 fully saturated rings. The average molecular weight is 391 g/mol. The summed E-state index contributed by atoms with van der Waals surface area (Å²) in [5.74, 6) is 0.259. The Balaban J connectivity index is 1.55. The lowest BCUT2D eigenvalue weighted by Gasteiger charge is -2.10. The number of hydrogen-bond acceptors (Lipinski definition) is 7. The van der Waals surface area contributed by atoms with Crippen LogP contribution in [0.2, 0.25) is 0 Å². The fourth-order valence-corrected chi connectivity index (χ4v) is 3.31. The molecule has 0 aromatic carbocycles. The minimum atomic E-state index is -0.335. The molecule has 3 N–H and O–H groups in total. The Hall–Kier alpha value is -3.55. The van der Waals surface area contributed by atoms with Gasteiger partial charge in [-0.2, -0.15) is 0 Å². The third kappa shape index (κ3) is 4.01. The molecule has 0 bridgehead atoms. The number of hydrogen-bond donors (Lipinski definition) is 2. The van der Waals surface area contributed by atoms with Crippen LogP contribution in [0, 0.1) is 18.8 Å². The number of nitrogens with two attached hydrogens (primary N) is 1. The molecule has 1 saturated carbocycles. The first-order valence-electron chi connectivity index (χ1n) is 9.34. The summed E-state index contributed by atoms with van der Waals surface area (Å²) >= 11 is 0. The van der Waals surface area contributed by atoms with Gasteiger partial charge in [0.15, 0.2) is 0 Å². The molecule has 0 saturated heterocycles. The van der Waals surface area contributed by atoms with Crippen LogP contribution in [0.25, 0.3) is 22.0 Å². The second-order valence-corrected chi connectivity index (χ2v) is 7.27. The van der Waals surface area contributed by atoms with Crippen LogP contribution in [0.3, 0.4) is 0 Å². The number of amides is 1. The number of ether oxygens (including phenoxy) is 1. The van der Waals surface area contributed by atoms with Crippen LogP contribution in [0.4, 0.5) is 11.6 Å². The van der Waals surface area contributed by atoms with Gasteiger partial charge in [-0.05, 0) is 42.5 Å². The first-order valence-corrected chi connectivity index (χ1v) is 9.34. The van der Waals surface area contributed by atoms with Gasteiger partial charge in [0.25, 0.3) is 0 Å². The summed E-state index contributed by atoms with van der Waals surface area (Å²) in [5.41, 5.74) is 8.79. The monoisotopic (exact) mass is 391 g/mol. The number of pyridine rings is 3. The molecule has 1 amide bonds. The van der Waals surface area contributed by atoms with Gasteiger partial charge in [0.05, 0.1) is 12.3 Å². The predicted octanol–water partition coefficient (Wildman–Crippen LogP) is 2.72. The highest BCUT2D eigenvalue weighted by Crippen LogP contribution is 2.39. The van der Waals surface area contributed by atoms with Crippen LogP contribution in [0.15, 0.2) is 36.8 Å². The molecular weight excluding hydrogens is 370 g/mol. The maximum Gasteiger partial charge on any atom is 0.302 e. The van der Waals surface area contributed by atoms with Crippen molar-refractivity contribution in [3.8, 4) is 11.3 Å². The number of anilines is 2. The van der Waals surface area contributed by atoms with Crippen molar-refractivity contribution in [2.24, 2.45) is 11.8 Å². The molecule has 3 heterocycles. The van der Waals surface area contributed by atoms with E-state index in [1.165, 1.54) is 6.92 Å². The Kier molecular flexibility index (Phi) is 4.84. The summed E-state index contributed by atoms with van der Waals surface area (Å²) in [4.78, 5) is 36.3. The van der Waals surface area contributed by atoms with Gasteiger partial charge in [-0.25, -0.2) is 9.97 Å². The Bertz CT molecular complexity index is 1110. The highest BCUT2D eigenvalue weighted by molar-refractivity contribution is 5.98. The van der Waals surface area contributed by atoms with E-state index in [4.69, 9.17) is 10.5 Å². The van der Waals surface area contributed by atoms with Crippen molar-refractivity contribution < 1.29 is 14.3 Å². The SMILES string of the molecule is CC(=O)OCC1CC1C(=O)Nc1cc2cc(-c3cnccc3C)nc(N)c2cn1. The van der Waals surface area contributed by atoms with Crippen molar-refractivity contribution in [3.05, 3.63) is 42.4 Å². The first kappa shape index (κ1) is 18.8. The molecular formula is C21H21N5O3. The lowest BCUT2D eigenvalue weighted by molar-refractivity contribution is -0.141. The number of rotatable bonds is 5. The van der Waals surface area contributed by atoms with E-state index in [9.17, 15) is 9.59 Å². The summed E-state index contributed by atoms with van der Waals surface area (Å²) in [6.07, 6.45) is 5.79. The van der Waals surface area contributed by atoms with E-state index >= 15 is 0 Å². The Labute approximate surface area is 167 Å². The van der Waals surface area contributed by atoms with Crippen molar-refractivity contribution in [2.75, 3.05) is 17.7 Å². The Morgan fingerprint density at radius 3 is 2.90 bits per heavy atom. The van der Waals surface area contributed by atoms with Crippen molar-refractivity contribution in [1.82, 2.24) is 15.0 Å². The molecule has 29 heavy (non-hydrogen) atoms.